The van der Waals surface area contributed by atoms with Crippen LogP contribution in [0, 0.1) is 5.82 Å². The van der Waals surface area contributed by atoms with Gasteiger partial charge in [0.05, 0.1) is 6.54 Å². The maximum atomic E-state index is 13.3. The van der Waals surface area contributed by atoms with Gasteiger partial charge in [-0.25, -0.2) is 9.07 Å². The number of hydrogen-bond acceptors (Lipinski definition) is 5. The van der Waals surface area contributed by atoms with E-state index in [0.717, 1.165) is 0 Å². The van der Waals surface area contributed by atoms with Crippen LogP contribution < -0.4 is 4.74 Å². The highest BCUT2D eigenvalue weighted by molar-refractivity contribution is 5.75. The molecule has 0 aliphatic carbocycles. The molecule has 106 valence electrons. The van der Waals surface area contributed by atoms with Crippen LogP contribution >= 0.6 is 0 Å². The minimum absolute atomic E-state index is 0.0587. The summed E-state index contributed by atoms with van der Waals surface area (Å²) in [5.74, 6) is -0.404. The average molecular weight is 279 g/mol. The second-order valence-electron chi connectivity index (χ2n) is 4.10. The second kappa shape index (κ2) is 6.60. The summed E-state index contributed by atoms with van der Waals surface area (Å²) >= 11 is 0. The van der Waals surface area contributed by atoms with Crippen molar-refractivity contribution in [1.82, 2.24) is 25.1 Å². The molecule has 0 aliphatic rings. The lowest BCUT2D eigenvalue weighted by molar-refractivity contribution is -0.131. The van der Waals surface area contributed by atoms with Gasteiger partial charge in [-0.05, 0) is 22.6 Å². The second-order valence-corrected chi connectivity index (χ2v) is 4.10. The van der Waals surface area contributed by atoms with E-state index in [1.165, 1.54) is 28.0 Å². The third-order valence-electron chi connectivity index (χ3n) is 2.64. The highest BCUT2D eigenvalue weighted by Crippen LogP contribution is 2.14. The first-order chi connectivity index (χ1) is 9.66. The molecule has 0 fully saturated rings. The number of para-hydroxylation sites is 1. The van der Waals surface area contributed by atoms with Crippen molar-refractivity contribution >= 4 is 5.91 Å². The Hall–Kier alpha value is -2.51. The largest absolute Gasteiger partial charge is 0.489 e. The number of tetrazole rings is 1. The Morgan fingerprint density at radius 2 is 2.25 bits per heavy atom. The third-order valence-corrected chi connectivity index (χ3v) is 2.64. The molecule has 7 nitrogen and oxygen atoms in total. The number of amides is 1. The molecule has 0 saturated heterocycles. The molecule has 0 atom stereocenters. The number of hydrogen-bond donors (Lipinski definition) is 0. The molecule has 2 rings (SSSR count). The number of aromatic nitrogens is 4. The van der Waals surface area contributed by atoms with Crippen LogP contribution in [0.1, 0.15) is 0 Å². The highest BCUT2D eigenvalue weighted by Gasteiger charge is 2.10. The van der Waals surface area contributed by atoms with Crippen molar-refractivity contribution in [1.29, 1.82) is 0 Å². The zero-order valence-corrected chi connectivity index (χ0v) is 10.9. The van der Waals surface area contributed by atoms with E-state index in [2.05, 4.69) is 15.5 Å². The summed E-state index contributed by atoms with van der Waals surface area (Å²) in [5, 5.41) is 10.5. The molecular formula is C12H14FN5O2. The zero-order chi connectivity index (χ0) is 14.4. The molecule has 20 heavy (non-hydrogen) atoms. The van der Waals surface area contributed by atoms with Crippen LogP contribution in [0.15, 0.2) is 30.6 Å². The van der Waals surface area contributed by atoms with Gasteiger partial charge in [0.25, 0.3) is 0 Å². The lowest BCUT2D eigenvalue weighted by atomic mass is 10.3. The van der Waals surface area contributed by atoms with Crippen molar-refractivity contribution in [3.05, 3.63) is 36.4 Å². The lowest BCUT2D eigenvalue weighted by Gasteiger charge is -2.17. The van der Waals surface area contributed by atoms with Crippen molar-refractivity contribution in [2.24, 2.45) is 0 Å². The first-order valence-electron chi connectivity index (χ1n) is 5.99. The maximum Gasteiger partial charge on any atom is 0.244 e. The number of halogens is 1. The Morgan fingerprint density at radius 1 is 1.45 bits per heavy atom. The van der Waals surface area contributed by atoms with Gasteiger partial charge in [0, 0.05) is 7.05 Å². The molecule has 0 saturated carbocycles. The van der Waals surface area contributed by atoms with Gasteiger partial charge >= 0.3 is 0 Å². The molecule has 0 bridgehead atoms. The molecule has 1 aromatic heterocycles. The Labute approximate surface area is 114 Å². The molecule has 2 aromatic rings. The van der Waals surface area contributed by atoms with Crippen molar-refractivity contribution in [2.75, 3.05) is 20.2 Å². The molecule has 8 heteroatoms. The number of carbonyl (C=O) groups is 1. The number of likely N-dealkylation sites (N-methyl/N-ethyl adjacent to an activating group) is 1. The van der Waals surface area contributed by atoms with Crippen LogP contribution in [0.25, 0.3) is 0 Å². The van der Waals surface area contributed by atoms with E-state index in [-0.39, 0.29) is 24.8 Å². The molecule has 1 heterocycles. The highest BCUT2D eigenvalue weighted by atomic mass is 19.1. The van der Waals surface area contributed by atoms with Crippen LogP contribution in [-0.2, 0) is 11.3 Å². The average Bonchev–Trinajstić information content (AvgIpc) is 2.93. The monoisotopic (exact) mass is 279 g/mol. The smallest absolute Gasteiger partial charge is 0.244 e. The van der Waals surface area contributed by atoms with Gasteiger partial charge in [0.2, 0.25) is 5.91 Å². The van der Waals surface area contributed by atoms with Crippen LogP contribution in [0.4, 0.5) is 4.39 Å². The minimum atomic E-state index is -0.421. The van der Waals surface area contributed by atoms with E-state index in [1.54, 1.807) is 19.2 Å². The van der Waals surface area contributed by atoms with E-state index >= 15 is 0 Å². The van der Waals surface area contributed by atoms with Crippen LogP contribution in [-0.4, -0.2) is 51.2 Å². The maximum absolute atomic E-state index is 13.3. The molecular weight excluding hydrogens is 265 g/mol. The standard InChI is InChI=1S/C12H14FN5O2/c1-17(12(19)8-18-9-14-15-16-18)6-7-20-11-5-3-2-4-10(11)13/h2-5,9H,6-8H2,1H3. The van der Waals surface area contributed by atoms with Crippen LogP contribution in [0.5, 0.6) is 5.75 Å². The van der Waals surface area contributed by atoms with Crippen LogP contribution in [0.3, 0.4) is 0 Å². The Balaban J connectivity index is 1.76. The lowest BCUT2D eigenvalue weighted by Crippen LogP contribution is -2.33. The molecule has 0 aliphatic heterocycles. The molecule has 1 aromatic carbocycles. The Kier molecular flexibility index (Phi) is 4.59. The van der Waals surface area contributed by atoms with Crippen molar-refractivity contribution in [3.8, 4) is 5.75 Å². The number of benzene rings is 1. The first-order valence-corrected chi connectivity index (χ1v) is 5.99. The number of nitrogens with zero attached hydrogens (tertiary/aromatic N) is 5. The van der Waals surface area contributed by atoms with Crippen molar-refractivity contribution < 1.29 is 13.9 Å². The third kappa shape index (κ3) is 3.74. The fraction of sp³-hybridized carbons (Fsp3) is 0.333. The van der Waals surface area contributed by atoms with Gasteiger partial charge < -0.3 is 9.64 Å². The van der Waals surface area contributed by atoms with Crippen molar-refractivity contribution in [2.45, 2.75) is 6.54 Å². The summed E-state index contributed by atoms with van der Waals surface area (Å²) in [6.45, 7) is 0.608. The van der Waals surface area contributed by atoms with E-state index < -0.39 is 5.82 Å². The Bertz CT molecular complexity index is 561. The summed E-state index contributed by atoms with van der Waals surface area (Å²) in [7, 11) is 1.64. The topological polar surface area (TPSA) is 73.1 Å². The van der Waals surface area contributed by atoms with E-state index in [4.69, 9.17) is 4.74 Å². The predicted octanol–water partition coefficient (Wildman–Crippen LogP) is 0.350. The molecule has 0 N–H and O–H groups in total. The minimum Gasteiger partial charge on any atom is -0.489 e. The molecule has 1 amide bonds. The van der Waals surface area contributed by atoms with E-state index in [1.807, 2.05) is 0 Å². The van der Waals surface area contributed by atoms with E-state index in [9.17, 15) is 9.18 Å². The van der Waals surface area contributed by atoms with Crippen LogP contribution in [0.2, 0.25) is 0 Å². The van der Waals surface area contributed by atoms with Gasteiger partial charge in [-0.1, -0.05) is 12.1 Å². The first kappa shape index (κ1) is 13.9. The summed E-state index contributed by atoms with van der Waals surface area (Å²) in [6, 6.07) is 6.13. The van der Waals surface area contributed by atoms with Gasteiger partial charge in [0.15, 0.2) is 11.6 Å². The van der Waals surface area contributed by atoms with E-state index in [0.29, 0.717) is 6.54 Å². The molecule has 0 radical (unpaired) electrons. The number of rotatable bonds is 6. The Morgan fingerprint density at radius 3 is 2.95 bits per heavy atom. The SMILES string of the molecule is CN(CCOc1ccccc1F)C(=O)Cn1cnnn1. The van der Waals surface area contributed by atoms with Gasteiger partial charge in [-0.2, -0.15) is 0 Å². The van der Waals surface area contributed by atoms with Gasteiger partial charge in [-0.3, -0.25) is 4.79 Å². The summed E-state index contributed by atoms with van der Waals surface area (Å²) < 4.78 is 19.9. The fourth-order valence-corrected chi connectivity index (χ4v) is 1.49. The number of ether oxygens (including phenoxy) is 1. The quantitative estimate of drug-likeness (QED) is 0.763. The van der Waals surface area contributed by atoms with Gasteiger partial charge in [0.1, 0.15) is 19.5 Å². The fourth-order valence-electron chi connectivity index (χ4n) is 1.49. The zero-order valence-electron chi connectivity index (χ0n) is 10.9. The van der Waals surface area contributed by atoms with Gasteiger partial charge in [-0.15, -0.1) is 5.10 Å². The normalized spacial score (nSPS) is 10.3. The van der Waals surface area contributed by atoms with Crippen molar-refractivity contribution in [3.63, 3.8) is 0 Å². The summed E-state index contributed by atoms with van der Waals surface area (Å²) in [6.07, 6.45) is 1.36. The summed E-state index contributed by atoms with van der Waals surface area (Å²) in [5.41, 5.74) is 0. The predicted molar refractivity (Wildman–Crippen MR) is 67.3 cm³/mol. The number of carbonyl (C=O) groups excluding carboxylic acids is 1. The molecule has 0 unspecified atom stereocenters. The molecule has 0 spiro atoms. The summed E-state index contributed by atoms with van der Waals surface area (Å²) in [4.78, 5) is 13.3.